The van der Waals surface area contributed by atoms with Crippen molar-refractivity contribution in [1.29, 1.82) is 0 Å². The Balaban J connectivity index is 4.07. The molecule has 0 rings (SSSR count). The highest BCUT2D eigenvalue weighted by Gasteiger charge is 2.32. The van der Waals surface area contributed by atoms with Crippen LogP contribution in [0.15, 0.2) is 0 Å². The number of ether oxygens (including phenoxy) is 1. The van der Waals surface area contributed by atoms with Crippen LogP contribution in [-0.4, -0.2) is 23.8 Å². The van der Waals surface area contributed by atoms with Gasteiger partial charge in [0.25, 0.3) is 0 Å². The lowest BCUT2D eigenvalue weighted by Gasteiger charge is -2.25. The quantitative estimate of drug-likeness (QED) is 0.228. The first-order valence-corrected chi connectivity index (χ1v) is 8.05. The normalized spacial score (nSPS) is 15.3. The van der Waals surface area contributed by atoms with Gasteiger partial charge in [-0.15, -0.1) is 0 Å². The molecule has 0 amide bonds. The average molecular weight is 338 g/mol. The fraction of sp³-hybridized carbons (Fsp3) is 0.933. The molecule has 0 fully saturated rings. The zero-order valence-electron chi connectivity index (χ0n) is 14.7. The molecule has 0 bridgehead atoms. The molecule has 138 valence electrons. The van der Waals surface area contributed by atoms with E-state index in [4.69, 9.17) is 14.9 Å². The van der Waals surface area contributed by atoms with Gasteiger partial charge in [-0.1, -0.05) is 52.0 Å². The topological polar surface area (TPSA) is 92.7 Å². The summed E-state index contributed by atoms with van der Waals surface area (Å²) in [6, 6.07) is 0. The number of hydrogen-bond acceptors (Lipinski definition) is 8. The molecule has 1 N–H and O–H groups in total. The SMILES string of the molecule is CCCCC(CC)COC(=O)OOOC(C)(CC(C)C)OOO. The fourth-order valence-corrected chi connectivity index (χ4v) is 2.13. The van der Waals surface area contributed by atoms with Crippen molar-refractivity contribution in [2.75, 3.05) is 6.61 Å². The minimum absolute atomic E-state index is 0.148. The molecule has 0 saturated carbocycles. The molecule has 8 nitrogen and oxygen atoms in total. The summed E-state index contributed by atoms with van der Waals surface area (Å²) >= 11 is 0. The molecule has 8 heteroatoms. The Morgan fingerprint density at radius 2 is 1.91 bits per heavy atom. The van der Waals surface area contributed by atoms with Gasteiger partial charge in [0, 0.05) is 6.42 Å². The van der Waals surface area contributed by atoms with Gasteiger partial charge >= 0.3 is 6.16 Å². The van der Waals surface area contributed by atoms with Gasteiger partial charge in [-0.3, -0.25) is 0 Å². The third-order valence-electron chi connectivity index (χ3n) is 3.29. The van der Waals surface area contributed by atoms with E-state index in [0.717, 1.165) is 25.7 Å². The van der Waals surface area contributed by atoms with Crippen LogP contribution >= 0.6 is 0 Å². The first kappa shape index (κ1) is 22.1. The van der Waals surface area contributed by atoms with Crippen molar-refractivity contribution in [1.82, 2.24) is 0 Å². The average Bonchev–Trinajstić information content (AvgIpc) is 2.46. The van der Waals surface area contributed by atoms with E-state index in [1.807, 2.05) is 20.8 Å². The molecule has 0 heterocycles. The largest absolute Gasteiger partial charge is 0.542 e. The molecule has 0 saturated heterocycles. The number of hydrogen-bond donors (Lipinski definition) is 1. The molecule has 2 atom stereocenters. The maximum atomic E-state index is 11.4. The maximum absolute atomic E-state index is 11.4. The van der Waals surface area contributed by atoms with Crippen molar-refractivity contribution in [3.8, 4) is 0 Å². The fourth-order valence-electron chi connectivity index (χ4n) is 2.13. The zero-order chi connectivity index (χ0) is 17.7. The second-order valence-corrected chi connectivity index (χ2v) is 6.10. The standard InChI is InChI=1S/C15H30O8/c1-6-8-9-13(7-2)11-18-14(16)19-23-21-15(5,20-22-17)10-12(3)4/h12-13,17H,6-11H2,1-5H3. The van der Waals surface area contributed by atoms with Gasteiger partial charge in [0.1, 0.15) is 0 Å². The lowest BCUT2D eigenvalue weighted by Crippen LogP contribution is -2.34. The monoisotopic (exact) mass is 338 g/mol. The molecular weight excluding hydrogens is 308 g/mol. The van der Waals surface area contributed by atoms with Crippen LogP contribution < -0.4 is 0 Å². The number of rotatable bonds is 13. The van der Waals surface area contributed by atoms with Gasteiger partial charge in [-0.2, -0.15) is 9.78 Å². The van der Waals surface area contributed by atoms with Crippen LogP contribution in [0, 0.1) is 11.8 Å². The number of carbonyl (C=O) groups is 1. The summed E-state index contributed by atoms with van der Waals surface area (Å²) in [5.41, 5.74) is 0. The first-order valence-electron chi connectivity index (χ1n) is 8.05. The number of carbonyl (C=O) groups excluding carboxylic acids is 1. The van der Waals surface area contributed by atoms with Crippen molar-refractivity contribution < 1.29 is 39.5 Å². The highest BCUT2D eigenvalue weighted by atomic mass is 17.6. The van der Waals surface area contributed by atoms with Crippen LogP contribution in [0.1, 0.15) is 66.7 Å². The summed E-state index contributed by atoms with van der Waals surface area (Å²) in [5, 5.41) is 16.4. The predicted octanol–water partition coefficient (Wildman–Crippen LogP) is 4.40. The molecule has 0 aromatic rings. The summed E-state index contributed by atoms with van der Waals surface area (Å²) < 4.78 is 4.96. The Morgan fingerprint density at radius 1 is 1.22 bits per heavy atom. The van der Waals surface area contributed by atoms with Crippen molar-refractivity contribution in [2.45, 2.75) is 72.5 Å². The molecule has 2 unspecified atom stereocenters. The van der Waals surface area contributed by atoms with E-state index in [-0.39, 0.29) is 12.5 Å². The van der Waals surface area contributed by atoms with Crippen LogP contribution in [0.5, 0.6) is 0 Å². The summed E-state index contributed by atoms with van der Waals surface area (Å²) in [6.45, 7) is 9.67. The van der Waals surface area contributed by atoms with E-state index in [1.165, 1.54) is 6.92 Å². The second-order valence-electron chi connectivity index (χ2n) is 6.10. The van der Waals surface area contributed by atoms with Gasteiger partial charge in [0.05, 0.1) is 6.61 Å². The Labute approximate surface area is 137 Å². The van der Waals surface area contributed by atoms with E-state index in [2.05, 4.69) is 26.8 Å². The first-order chi connectivity index (χ1) is 10.9. The summed E-state index contributed by atoms with van der Waals surface area (Å²) in [5.74, 6) is -0.994. The van der Waals surface area contributed by atoms with Crippen LogP contribution in [0.25, 0.3) is 0 Å². The van der Waals surface area contributed by atoms with Crippen molar-refractivity contribution in [3.63, 3.8) is 0 Å². The predicted molar refractivity (Wildman–Crippen MR) is 80.6 cm³/mol. The lowest BCUT2D eigenvalue weighted by molar-refractivity contribution is -0.628. The highest BCUT2D eigenvalue weighted by molar-refractivity contribution is 5.58. The van der Waals surface area contributed by atoms with E-state index in [0.29, 0.717) is 12.3 Å². The molecule has 23 heavy (non-hydrogen) atoms. The Hall–Kier alpha value is -0.930. The third-order valence-corrected chi connectivity index (χ3v) is 3.29. The minimum Gasteiger partial charge on any atom is -0.432 e. The van der Waals surface area contributed by atoms with Gasteiger partial charge in [0.15, 0.2) is 0 Å². The van der Waals surface area contributed by atoms with E-state index < -0.39 is 11.9 Å². The molecule has 0 aliphatic heterocycles. The van der Waals surface area contributed by atoms with E-state index in [1.54, 1.807) is 0 Å². The second kappa shape index (κ2) is 12.5. The van der Waals surface area contributed by atoms with Gasteiger partial charge < -0.3 is 4.74 Å². The Kier molecular flexibility index (Phi) is 12.0. The number of unbranched alkanes of at least 4 members (excludes halogenated alkanes) is 1. The summed E-state index contributed by atoms with van der Waals surface area (Å²) in [7, 11) is 0. The lowest BCUT2D eigenvalue weighted by atomic mass is 10.0. The van der Waals surface area contributed by atoms with Crippen molar-refractivity contribution in [2.24, 2.45) is 11.8 Å². The molecule has 0 aromatic heterocycles. The van der Waals surface area contributed by atoms with E-state index >= 15 is 0 Å². The van der Waals surface area contributed by atoms with Gasteiger partial charge in [-0.05, 0) is 30.2 Å². The molecular formula is C15H30O8. The van der Waals surface area contributed by atoms with Crippen LogP contribution in [0.4, 0.5) is 4.79 Å². The van der Waals surface area contributed by atoms with Crippen molar-refractivity contribution in [3.05, 3.63) is 0 Å². The third kappa shape index (κ3) is 11.3. The minimum atomic E-state index is -1.43. The van der Waals surface area contributed by atoms with Gasteiger partial charge in [0.2, 0.25) is 5.79 Å². The van der Waals surface area contributed by atoms with Crippen LogP contribution in [0.3, 0.4) is 0 Å². The molecule has 0 spiro atoms. The van der Waals surface area contributed by atoms with Crippen LogP contribution in [-0.2, 0) is 29.5 Å². The smallest absolute Gasteiger partial charge is 0.432 e. The summed E-state index contributed by atoms with van der Waals surface area (Å²) in [4.78, 5) is 25.2. The molecule has 0 aliphatic carbocycles. The molecule has 0 aliphatic rings. The van der Waals surface area contributed by atoms with E-state index in [9.17, 15) is 4.79 Å². The zero-order valence-corrected chi connectivity index (χ0v) is 14.7. The maximum Gasteiger partial charge on any atom is 0.542 e. The Bertz CT molecular complexity index is 310. The molecule has 0 aromatic carbocycles. The van der Waals surface area contributed by atoms with Crippen molar-refractivity contribution >= 4 is 6.16 Å². The van der Waals surface area contributed by atoms with Gasteiger partial charge in [-0.25, -0.2) is 14.9 Å². The highest BCUT2D eigenvalue weighted by Crippen LogP contribution is 2.23. The Morgan fingerprint density at radius 3 is 2.43 bits per heavy atom. The molecule has 0 radical (unpaired) electrons. The van der Waals surface area contributed by atoms with Crippen LogP contribution in [0.2, 0.25) is 0 Å². The summed E-state index contributed by atoms with van der Waals surface area (Å²) in [6.07, 6.45) is 3.41.